The van der Waals surface area contributed by atoms with Crippen molar-refractivity contribution in [3.63, 3.8) is 0 Å². The molecular formula is C18H26Cl2OTi. The van der Waals surface area contributed by atoms with E-state index >= 15 is 0 Å². The maximum Gasteiger partial charge on any atom is 4.00 e. The number of hydrogen-bond donors (Lipinski definition) is 1. The first-order valence-corrected chi connectivity index (χ1v) is 6.56. The minimum absolute atomic E-state index is 0. The molecule has 4 heteroatoms. The van der Waals surface area contributed by atoms with Gasteiger partial charge in [-0.15, -0.1) is 41.5 Å². The second-order valence-corrected chi connectivity index (χ2v) is 5.11. The van der Waals surface area contributed by atoms with Crippen molar-refractivity contribution in [3.8, 4) is 0 Å². The van der Waals surface area contributed by atoms with E-state index in [1.165, 1.54) is 28.2 Å². The van der Waals surface area contributed by atoms with Crippen LogP contribution in [0, 0.1) is 12.0 Å². The molecule has 0 aromatic heterocycles. The van der Waals surface area contributed by atoms with Gasteiger partial charge < -0.3 is 35.8 Å². The molecule has 0 unspecified atom stereocenters. The van der Waals surface area contributed by atoms with Gasteiger partial charge in [0.25, 0.3) is 0 Å². The average molecular weight is 377 g/mol. The summed E-state index contributed by atoms with van der Waals surface area (Å²) in [7, 11) is 1.00. The van der Waals surface area contributed by atoms with Crippen LogP contribution in [0.25, 0.3) is 5.57 Å². The van der Waals surface area contributed by atoms with Gasteiger partial charge in [-0.2, -0.15) is 20.8 Å². The summed E-state index contributed by atoms with van der Waals surface area (Å²) in [4.78, 5) is 0. The van der Waals surface area contributed by atoms with Gasteiger partial charge in [-0.25, -0.2) is 0 Å². The van der Waals surface area contributed by atoms with E-state index in [0.717, 1.165) is 13.5 Å². The predicted octanol–water partition coefficient (Wildman–Crippen LogP) is -1.16. The zero-order valence-corrected chi connectivity index (χ0v) is 17.4. The summed E-state index contributed by atoms with van der Waals surface area (Å²) in [6.07, 6.45) is 3.35. The zero-order valence-electron chi connectivity index (χ0n) is 14.3. The van der Waals surface area contributed by atoms with Crippen molar-refractivity contribution in [1.82, 2.24) is 0 Å². The molecule has 1 aromatic carbocycles. The summed E-state index contributed by atoms with van der Waals surface area (Å²) in [5.74, 6) is 1.42. The van der Waals surface area contributed by atoms with Crippen molar-refractivity contribution in [1.29, 1.82) is 0 Å². The molecule has 0 atom stereocenters. The molecule has 2 rings (SSSR count). The minimum atomic E-state index is 0. The van der Waals surface area contributed by atoms with E-state index in [4.69, 9.17) is 5.11 Å². The number of aliphatic hydroxyl groups is 1. The first-order valence-electron chi connectivity index (χ1n) is 6.56. The Bertz CT molecular complexity index is 423. The monoisotopic (exact) mass is 376 g/mol. The minimum Gasteiger partial charge on any atom is -1.00 e. The Hall–Kier alpha value is -0.0457. The topological polar surface area (TPSA) is 20.2 Å². The number of benzene rings is 1. The summed E-state index contributed by atoms with van der Waals surface area (Å²) in [5.41, 5.74) is 5.51. The standard InChI is InChI=1S/C13H13.C4H9.CH4O.2ClH.Ti/c1-10-8-11(2)13(9-10)12-6-4-3-5-7-12;1-4(2)3;1-2;;;/h3-6,8H,9H2,1-2H3;1-3H3;2H,1H3;2*1H;/q2*-1;;;;+4/p-2. The third kappa shape index (κ3) is 12.5. The molecule has 0 radical (unpaired) electrons. The Kier molecular flexibility index (Phi) is 23.5. The zero-order chi connectivity index (χ0) is 14.8. The van der Waals surface area contributed by atoms with E-state index in [1.807, 2.05) is 12.1 Å². The van der Waals surface area contributed by atoms with E-state index in [9.17, 15) is 0 Å². The molecule has 1 N–H and O–H groups in total. The Labute approximate surface area is 164 Å². The number of rotatable bonds is 1. The first kappa shape index (κ1) is 29.9. The van der Waals surface area contributed by atoms with Crippen molar-refractivity contribution in [2.45, 2.75) is 41.0 Å². The molecule has 1 aromatic rings. The number of aliphatic hydroxyl groups excluding tert-OH is 1. The summed E-state index contributed by atoms with van der Waals surface area (Å²) in [5, 5.41) is 7.00. The van der Waals surface area contributed by atoms with Crippen molar-refractivity contribution < 1.29 is 51.6 Å². The van der Waals surface area contributed by atoms with Crippen LogP contribution in [0.1, 0.15) is 46.6 Å². The second kappa shape index (κ2) is 17.3. The SMILES string of the molecule is CC1=CC(C)=C(c2[c-]cccc2)C1.CO.C[C-](C)C.[Cl-].[Cl-].[Ti+4]. The van der Waals surface area contributed by atoms with E-state index in [0.29, 0.717) is 0 Å². The maximum atomic E-state index is 7.00. The normalized spacial score (nSPS) is 11.5. The van der Waals surface area contributed by atoms with Gasteiger partial charge >= 0.3 is 21.7 Å². The molecule has 0 saturated heterocycles. The molecule has 1 aliphatic carbocycles. The van der Waals surface area contributed by atoms with Crippen LogP contribution >= 0.6 is 0 Å². The molecule has 1 aliphatic rings. The van der Waals surface area contributed by atoms with Gasteiger partial charge in [-0.05, 0) is 20.3 Å². The molecule has 1 nitrogen and oxygen atoms in total. The van der Waals surface area contributed by atoms with E-state index < -0.39 is 0 Å². The van der Waals surface area contributed by atoms with Crippen LogP contribution in [-0.4, -0.2) is 12.2 Å². The van der Waals surface area contributed by atoms with Gasteiger partial charge in [-0.3, -0.25) is 0 Å². The Morgan fingerprint density at radius 3 is 1.86 bits per heavy atom. The molecule has 0 amide bonds. The summed E-state index contributed by atoms with van der Waals surface area (Å²) in [6.45, 7) is 10.6. The van der Waals surface area contributed by atoms with Crippen LogP contribution in [0.15, 0.2) is 41.5 Å². The summed E-state index contributed by atoms with van der Waals surface area (Å²) < 4.78 is 0. The molecular weight excluding hydrogens is 351 g/mol. The molecule has 0 aliphatic heterocycles. The van der Waals surface area contributed by atoms with Crippen LogP contribution < -0.4 is 24.8 Å². The molecule has 0 fully saturated rings. The van der Waals surface area contributed by atoms with Crippen molar-refractivity contribution in [2.75, 3.05) is 7.11 Å². The third-order valence-electron chi connectivity index (χ3n) is 2.43. The summed E-state index contributed by atoms with van der Waals surface area (Å²) >= 11 is 0. The van der Waals surface area contributed by atoms with Gasteiger partial charge in [0.15, 0.2) is 0 Å². The molecule has 0 heterocycles. The summed E-state index contributed by atoms with van der Waals surface area (Å²) in [6, 6.07) is 11.5. The molecule has 0 bridgehead atoms. The quantitative estimate of drug-likeness (QED) is 0.484. The molecule has 122 valence electrons. The van der Waals surface area contributed by atoms with Gasteiger partial charge in [0.1, 0.15) is 0 Å². The number of halogens is 2. The fourth-order valence-electron chi connectivity index (χ4n) is 1.81. The van der Waals surface area contributed by atoms with Crippen LogP contribution in [0.2, 0.25) is 0 Å². The maximum absolute atomic E-state index is 7.00. The van der Waals surface area contributed by atoms with Crippen molar-refractivity contribution in [2.24, 2.45) is 0 Å². The molecule has 22 heavy (non-hydrogen) atoms. The Morgan fingerprint density at radius 2 is 1.55 bits per heavy atom. The van der Waals surface area contributed by atoms with Gasteiger partial charge in [0.2, 0.25) is 0 Å². The van der Waals surface area contributed by atoms with Gasteiger partial charge in [-0.1, -0.05) is 17.2 Å². The average Bonchev–Trinajstić information content (AvgIpc) is 2.71. The molecule has 0 saturated carbocycles. The largest absolute Gasteiger partial charge is 4.00 e. The Balaban J connectivity index is -0.000000159. The van der Waals surface area contributed by atoms with E-state index in [1.54, 1.807) is 0 Å². The second-order valence-electron chi connectivity index (χ2n) is 5.11. The first-order chi connectivity index (χ1) is 9.00. The number of allylic oxidation sites excluding steroid dienone is 4. The predicted molar refractivity (Wildman–Crippen MR) is 84.7 cm³/mol. The molecule has 0 spiro atoms. The van der Waals surface area contributed by atoms with Gasteiger partial charge in [0, 0.05) is 7.11 Å². The van der Waals surface area contributed by atoms with Crippen LogP contribution in [0.5, 0.6) is 0 Å². The van der Waals surface area contributed by atoms with Crippen LogP contribution in [0.3, 0.4) is 0 Å². The fraction of sp³-hybridized carbons (Fsp3) is 0.389. The van der Waals surface area contributed by atoms with Crippen molar-refractivity contribution in [3.05, 3.63) is 59.0 Å². The van der Waals surface area contributed by atoms with Gasteiger partial charge in [0.05, 0.1) is 0 Å². The van der Waals surface area contributed by atoms with Crippen molar-refractivity contribution >= 4 is 5.57 Å². The van der Waals surface area contributed by atoms with E-state index in [2.05, 4.69) is 58.9 Å². The smallest absolute Gasteiger partial charge is 1.00 e. The van der Waals surface area contributed by atoms with Crippen LogP contribution in [-0.2, 0) is 21.7 Å². The third-order valence-corrected chi connectivity index (χ3v) is 2.43. The van der Waals surface area contributed by atoms with Crippen LogP contribution in [0.4, 0.5) is 0 Å². The Morgan fingerprint density at radius 1 is 1.05 bits per heavy atom. The fourth-order valence-corrected chi connectivity index (χ4v) is 1.81. The number of hydrogen-bond acceptors (Lipinski definition) is 1. The van der Waals surface area contributed by atoms with E-state index in [-0.39, 0.29) is 46.5 Å².